The van der Waals surface area contributed by atoms with E-state index in [2.05, 4.69) is 9.97 Å². The molecule has 0 bridgehead atoms. The van der Waals surface area contributed by atoms with Gasteiger partial charge in [0.15, 0.2) is 4.77 Å². The number of H-pyrrole nitrogens is 2. The largest absolute Gasteiger partial charge is 0.336 e. The Hall–Kier alpha value is -0.480. The van der Waals surface area contributed by atoms with E-state index in [1.165, 1.54) is 0 Å². The first kappa shape index (κ1) is 6.64. The van der Waals surface area contributed by atoms with E-state index in [1.54, 1.807) is 0 Å². The molecule has 1 heterocycles. The van der Waals surface area contributed by atoms with Crippen LogP contribution in [0.15, 0.2) is 6.07 Å². The zero-order chi connectivity index (χ0) is 6.85. The zero-order valence-electron chi connectivity index (χ0n) is 4.89. The third-order valence-electron chi connectivity index (χ3n) is 0.895. The molecule has 2 nitrogen and oxygen atoms in total. The molecule has 1 rings (SSSR count). The summed E-state index contributed by atoms with van der Waals surface area (Å²) >= 11 is 9.65. The van der Waals surface area contributed by atoms with E-state index in [9.17, 15) is 0 Å². The first-order chi connectivity index (χ1) is 4.18. The lowest BCUT2D eigenvalue weighted by Crippen LogP contribution is -1.84. The molecule has 0 saturated heterocycles. The third-order valence-corrected chi connectivity index (χ3v) is 1.32. The SMILES string of the molecule is Cc1cc(=S)[nH]c(=S)[nH]1. The van der Waals surface area contributed by atoms with Crippen molar-refractivity contribution < 1.29 is 0 Å². The molecule has 1 aromatic rings. The lowest BCUT2D eigenvalue weighted by atomic mass is 10.5. The number of aromatic nitrogens is 2. The normalized spacial score (nSPS) is 9.44. The van der Waals surface area contributed by atoms with Gasteiger partial charge in [0.05, 0.1) is 0 Å². The maximum Gasteiger partial charge on any atom is 0.175 e. The minimum absolute atomic E-state index is 0.583. The van der Waals surface area contributed by atoms with Crippen molar-refractivity contribution in [3.63, 3.8) is 0 Å². The predicted molar refractivity (Wildman–Crippen MR) is 41.5 cm³/mol. The zero-order valence-corrected chi connectivity index (χ0v) is 6.53. The summed E-state index contributed by atoms with van der Waals surface area (Å²) in [4.78, 5) is 5.69. The van der Waals surface area contributed by atoms with E-state index < -0.39 is 0 Å². The number of nitrogens with one attached hydrogen (secondary N) is 2. The van der Waals surface area contributed by atoms with Gasteiger partial charge in [0.1, 0.15) is 4.64 Å². The molecule has 0 fully saturated rings. The second-order valence-electron chi connectivity index (χ2n) is 1.77. The highest BCUT2D eigenvalue weighted by Crippen LogP contribution is 1.90. The molecule has 0 unspecified atom stereocenters. The van der Waals surface area contributed by atoms with Crippen LogP contribution in [0.1, 0.15) is 5.69 Å². The topological polar surface area (TPSA) is 31.6 Å². The number of aromatic amines is 2. The van der Waals surface area contributed by atoms with Gasteiger partial charge in [0, 0.05) is 5.69 Å². The van der Waals surface area contributed by atoms with Crippen LogP contribution in [-0.2, 0) is 0 Å². The molecule has 0 spiro atoms. The second-order valence-corrected chi connectivity index (χ2v) is 2.62. The molecule has 0 saturated carbocycles. The standard InChI is InChI=1S/C5H6N2S2/c1-3-2-4(8)7-5(9)6-3/h2H,1H3,(H2,6,7,8,9). The smallest absolute Gasteiger partial charge is 0.175 e. The summed E-state index contributed by atoms with van der Waals surface area (Å²) in [7, 11) is 0. The minimum atomic E-state index is 0.583. The van der Waals surface area contributed by atoms with Crippen molar-refractivity contribution in [2.75, 3.05) is 0 Å². The van der Waals surface area contributed by atoms with E-state index in [0.717, 1.165) is 5.69 Å². The molecule has 0 atom stereocenters. The fourth-order valence-electron chi connectivity index (χ4n) is 0.591. The molecule has 0 aliphatic carbocycles. The highest BCUT2D eigenvalue weighted by atomic mass is 32.1. The van der Waals surface area contributed by atoms with Crippen molar-refractivity contribution in [2.24, 2.45) is 0 Å². The van der Waals surface area contributed by atoms with E-state index >= 15 is 0 Å². The van der Waals surface area contributed by atoms with Crippen molar-refractivity contribution in [3.8, 4) is 0 Å². The molecule has 0 aliphatic rings. The number of rotatable bonds is 0. The summed E-state index contributed by atoms with van der Waals surface area (Å²) in [5, 5.41) is 0. The van der Waals surface area contributed by atoms with Gasteiger partial charge >= 0.3 is 0 Å². The fourth-order valence-corrected chi connectivity index (χ4v) is 1.21. The fraction of sp³-hybridized carbons (Fsp3) is 0.200. The van der Waals surface area contributed by atoms with Gasteiger partial charge in [-0.05, 0) is 25.2 Å². The molecule has 4 heteroatoms. The Labute approximate surface area is 63.0 Å². The Bertz CT molecular complexity index is 281. The van der Waals surface area contributed by atoms with Crippen molar-refractivity contribution in [1.82, 2.24) is 9.97 Å². The van der Waals surface area contributed by atoms with Gasteiger partial charge in [0.2, 0.25) is 0 Å². The maximum atomic E-state index is 4.84. The van der Waals surface area contributed by atoms with Crippen LogP contribution in [0.4, 0.5) is 0 Å². The summed E-state index contributed by atoms with van der Waals surface area (Å²) in [6, 6.07) is 1.82. The Morgan fingerprint density at radius 3 is 2.44 bits per heavy atom. The quantitative estimate of drug-likeness (QED) is 0.567. The van der Waals surface area contributed by atoms with Crippen LogP contribution in [0.2, 0.25) is 0 Å². The van der Waals surface area contributed by atoms with Gasteiger partial charge in [-0.2, -0.15) is 0 Å². The summed E-state index contributed by atoms with van der Waals surface area (Å²) < 4.78 is 1.26. The summed E-state index contributed by atoms with van der Waals surface area (Å²) in [6.07, 6.45) is 0. The van der Waals surface area contributed by atoms with Crippen molar-refractivity contribution in [3.05, 3.63) is 21.2 Å². The molecular formula is C5H6N2S2. The molecule has 48 valence electrons. The average Bonchev–Trinajstić information content (AvgIpc) is 1.59. The van der Waals surface area contributed by atoms with Gasteiger partial charge in [-0.15, -0.1) is 0 Å². The minimum Gasteiger partial charge on any atom is -0.336 e. The van der Waals surface area contributed by atoms with E-state index in [1.807, 2.05) is 13.0 Å². The first-order valence-electron chi connectivity index (χ1n) is 2.49. The molecule has 9 heavy (non-hydrogen) atoms. The van der Waals surface area contributed by atoms with Crippen molar-refractivity contribution >= 4 is 24.4 Å². The van der Waals surface area contributed by atoms with E-state index in [4.69, 9.17) is 24.4 Å². The molecule has 0 radical (unpaired) electrons. The van der Waals surface area contributed by atoms with E-state index in [0.29, 0.717) is 9.41 Å². The lowest BCUT2D eigenvalue weighted by Gasteiger charge is -1.89. The Morgan fingerprint density at radius 1 is 1.33 bits per heavy atom. The Morgan fingerprint density at radius 2 is 2.00 bits per heavy atom. The summed E-state index contributed by atoms with van der Waals surface area (Å²) in [6.45, 7) is 1.92. The van der Waals surface area contributed by atoms with Gasteiger partial charge in [-0.3, -0.25) is 0 Å². The van der Waals surface area contributed by atoms with Gasteiger partial charge < -0.3 is 9.97 Å². The maximum absolute atomic E-state index is 4.84. The van der Waals surface area contributed by atoms with Crippen LogP contribution in [0.3, 0.4) is 0 Å². The summed E-state index contributed by atoms with van der Waals surface area (Å²) in [5.41, 5.74) is 0.990. The number of hydrogen-bond acceptors (Lipinski definition) is 2. The molecule has 0 aliphatic heterocycles. The van der Waals surface area contributed by atoms with Crippen molar-refractivity contribution in [2.45, 2.75) is 6.92 Å². The van der Waals surface area contributed by atoms with Gasteiger partial charge in [-0.25, -0.2) is 0 Å². The monoisotopic (exact) mass is 158 g/mol. The molecule has 1 aromatic heterocycles. The van der Waals surface area contributed by atoms with Crippen LogP contribution in [-0.4, -0.2) is 9.97 Å². The summed E-state index contributed by atoms with van der Waals surface area (Å²) in [5.74, 6) is 0. The van der Waals surface area contributed by atoms with E-state index in [-0.39, 0.29) is 0 Å². The van der Waals surface area contributed by atoms with Gasteiger partial charge in [0.25, 0.3) is 0 Å². The molecule has 0 amide bonds. The lowest BCUT2D eigenvalue weighted by molar-refractivity contribution is 1.06. The molecule has 0 aromatic carbocycles. The highest BCUT2D eigenvalue weighted by molar-refractivity contribution is 7.72. The van der Waals surface area contributed by atoms with Crippen LogP contribution in [0.5, 0.6) is 0 Å². The highest BCUT2D eigenvalue weighted by Gasteiger charge is 1.80. The van der Waals surface area contributed by atoms with Crippen LogP contribution in [0.25, 0.3) is 0 Å². The third kappa shape index (κ3) is 1.73. The van der Waals surface area contributed by atoms with Crippen LogP contribution >= 0.6 is 24.4 Å². The molecule has 2 N–H and O–H groups in total. The first-order valence-corrected chi connectivity index (χ1v) is 3.30. The van der Waals surface area contributed by atoms with Gasteiger partial charge in [-0.1, -0.05) is 12.2 Å². The predicted octanol–water partition coefficient (Wildman–Crippen LogP) is 2.11. The van der Waals surface area contributed by atoms with Crippen LogP contribution < -0.4 is 0 Å². The second kappa shape index (κ2) is 2.41. The number of hydrogen-bond donors (Lipinski definition) is 2. The Balaban J connectivity index is 3.52. The average molecular weight is 158 g/mol. The number of aryl methyl sites for hydroxylation is 1. The molecular weight excluding hydrogens is 152 g/mol. The van der Waals surface area contributed by atoms with Crippen LogP contribution in [0, 0.1) is 16.3 Å². The van der Waals surface area contributed by atoms with Crippen molar-refractivity contribution in [1.29, 1.82) is 0 Å². The Kier molecular flexibility index (Phi) is 1.78.